The van der Waals surface area contributed by atoms with Gasteiger partial charge in [0, 0.05) is 24.2 Å². The monoisotopic (exact) mass is 471 g/mol. The van der Waals surface area contributed by atoms with Crippen molar-refractivity contribution in [2.24, 2.45) is 0 Å². The Balaban J connectivity index is 2.21. The summed E-state index contributed by atoms with van der Waals surface area (Å²) in [5.74, 6) is -0.848. The molecule has 1 N–H and O–H groups in total. The maximum atomic E-state index is 13.0. The van der Waals surface area contributed by atoms with E-state index >= 15 is 0 Å². The Morgan fingerprint density at radius 3 is 2.86 bits per heavy atom. The summed E-state index contributed by atoms with van der Waals surface area (Å²) in [5.41, 5.74) is 0.395. The lowest BCUT2D eigenvalue weighted by Crippen LogP contribution is -2.32. The van der Waals surface area contributed by atoms with E-state index in [-0.39, 0.29) is 23.8 Å². The Hall–Kier alpha value is -1.91. The first-order valence-electron chi connectivity index (χ1n) is 8.70. The molecular formula is C18H22BrN3O5S. The lowest BCUT2D eigenvalue weighted by Gasteiger charge is -2.13. The van der Waals surface area contributed by atoms with Crippen molar-refractivity contribution in [2.75, 3.05) is 32.6 Å². The molecule has 2 rings (SSSR count). The van der Waals surface area contributed by atoms with Crippen molar-refractivity contribution in [3.63, 3.8) is 0 Å². The fourth-order valence-corrected chi connectivity index (χ4v) is 3.59. The molecule has 0 aliphatic heterocycles. The van der Waals surface area contributed by atoms with Crippen molar-refractivity contribution in [2.45, 2.75) is 25.0 Å². The molecule has 0 unspecified atom stereocenters. The summed E-state index contributed by atoms with van der Waals surface area (Å²) in [6.45, 7) is 3.29. The topological polar surface area (TPSA) is 99.5 Å². The molecule has 1 aromatic carbocycles. The molecule has 28 heavy (non-hydrogen) atoms. The first-order chi connectivity index (χ1) is 13.5. The number of carbonyl (C=O) groups is 2. The van der Waals surface area contributed by atoms with Crippen LogP contribution in [0.25, 0.3) is 10.9 Å². The number of halogens is 1. The number of fused-ring (bicyclic) bond motifs is 1. The molecular weight excluding hydrogens is 450 g/mol. The first kappa shape index (κ1) is 22.4. The van der Waals surface area contributed by atoms with Crippen LogP contribution in [0.15, 0.2) is 32.6 Å². The van der Waals surface area contributed by atoms with Crippen LogP contribution in [0.5, 0.6) is 0 Å². The number of benzene rings is 1. The average Bonchev–Trinajstić information content (AvgIpc) is 2.69. The van der Waals surface area contributed by atoms with Crippen LogP contribution in [0, 0.1) is 0 Å². The van der Waals surface area contributed by atoms with E-state index in [4.69, 9.17) is 4.74 Å². The molecule has 0 saturated heterocycles. The number of hydrogen-bond acceptors (Lipinski definition) is 7. The van der Waals surface area contributed by atoms with Crippen LogP contribution in [-0.4, -0.2) is 54.0 Å². The summed E-state index contributed by atoms with van der Waals surface area (Å²) in [6, 6.07) is 5.31. The number of esters is 1. The predicted molar refractivity (Wildman–Crippen MR) is 111 cm³/mol. The third-order valence-corrected chi connectivity index (χ3v) is 5.22. The van der Waals surface area contributed by atoms with E-state index in [1.54, 1.807) is 16.7 Å². The molecule has 0 fully saturated rings. The van der Waals surface area contributed by atoms with E-state index < -0.39 is 5.97 Å². The van der Waals surface area contributed by atoms with Crippen molar-refractivity contribution >= 4 is 50.5 Å². The lowest BCUT2D eigenvalue weighted by atomic mass is 10.2. The van der Waals surface area contributed by atoms with Gasteiger partial charge in [-0.1, -0.05) is 27.7 Å². The SMILES string of the molecule is CCOCCCn1c(SCC(=O)NCC(=O)OC)nc2ccc(Br)cc2c1=O. The molecule has 1 amide bonds. The van der Waals surface area contributed by atoms with Crippen LogP contribution in [0.4, 0.5) is 0 Å². The smallest absolute Gasteiger partial charge is 0.325 e. The minimum atomic E-state index is -0.527. The van der Waals surface area contributed by atoms with Gasteiger partial charge in [0.1, 0.15) is 6.54 Å². The average molecular weight is 472 g/mol. The van der Waals surface area contributed by atoms with E-state index in [1.165, 1.54) is 7.11 Å². The molecule has 0 aliphatic rings. The molecule has 0 radical (unpaired) electrons. The van der Waals surface area contributed by atoms with Crippen molar-refractivity contribution in [3.8, 4) is 0 Å². The van der Waals surface area contributed by atoms with E-state index in [2.05, 4.69) is 31.0 Å². The maximum absolute atomic E-state index is 13.0. The summed E-state index contributed by atoms with van der Waals surface area (Å²) in [4.78, 5) is 40.6. The number of rotatable bonds is 10. The largest absolute Gasteiger partial charge is 0.468 e. The number of nitrogens with one attached hydrogen (secondary N) is 1. The van der Waals surface area contributed by atoms with Gasteiger partial charge < -0.3 is 14.8 Å². The summed E-state index contributed by atoms with van der Waals surface area (Å²) in [5, 5.41) is 3.42. The number of hydrogen-bond donors (Lipinski definition) is 1. The third kappa shape index (κ3) is 6.32. The number of methoxy groups -OCH3 is 1. The van der Waals surface area contributed by atoms with Crippen molar-refractivity contribution in [3.05, 3.63) is 33.0 Å². The number of ether oxygens (including phenoxy) is 2. The lowest BCUT2D eigenvalue weighted by molar-refractivity contribution is -0.140. The van der Waals surface area contributed by atoms with Gasteiger partial charge in [0.15, 0.2) is 5.16 Å². The van der Waals surface area contributed by atoms with Gasteiger partial charge in [0.2, 0.25) is 5.91 Å². The molecule has 0 saturated carbocycles. The molecule has 8 nitrogen and oxygen atoms in total. The summed E-state index contributed by atoms with van der Waals surface area (Å²) < 4.78 is 12.2. The first-order valence-corrected chi connectivity index (χ1v) is 10.5. The van der Waals surface area contributed by atoms with E-state index in [1.807, 2.05) is 13.0 Å². The van der Waals surface area contributed by atoms with E-state index in [0.29, 0.717) is 42.2 Å². The Kier molecular flexibility index (Phi) is 8.94. The van der Waals surface area contributed by atoms with Gasteiger partial charge in [-0.25, -0.2) is 4.98 Å². The van der Waals surface area contributed by atoms with Gasteiger partial charge in [-0.05, 0) is 31.5 Å². The number of amides is 1. The molecule has 1 heterocycles. The number of nitrogens with zero attached hydrogens (tertiary/aromatic N) is 2. The second-order valence-corrected chi connectivity index (χ2v) is 7.56. The normalized spacial score (nSPS) is 10.8. The minimum absolute atomic E-state index is 0.0247. The van der Waals surface area contributed by atoms with Gasteiger partial charge in [-0.3, -0.25) is 19.0 Å². The van der Waals surface area contributed by atoms with Crippen LogP contribution >= 0.6 is 27.7 Å². The number of carbonyl (C=O) groups excluding carboxylic acids is 2. The minimum Gasteiger partial charge on any atom is -0.468 e. The fraction of sp³-hybridized carbons (Fsp3) is 0.444. The Morgan fingerprint density at radius 2 is 2.14 bits per heavy atom. The Bertz CT molecular complexity index is 903. The van der Waals surface area contributed by atoms with Gasteiger partial charge >= 0.3 is 5.97 Å². The highest BCUT2D eigenvalue weighted by Gasteiger charge is 2.14. The zero-order chi connectivity index (χ0) is 20.5. The molecule has 152 valence electrons. The highest BCUT2D eigenvalue weighted by molar-refractivity contribution is 9.10. The molecule has 0 bridgehead atoms. The summed E-state index contributed by atoms with van der Waals surface area (Å²) in [6.07, 6.45) is 0.650. The zero-order valence-electron chi connectivity index (χ0n) is 15.7. The molecule has 0 aliphatic carbocycles. The second kappa shape index (κ2) is 11.2. The van der Waals surface area contributed by atoms with Crippen molar-refractivity contribution in [1.82, 2.24) is 14.9 Å². The standard InChI is InChI=1S/C18H22BrN3O5S/c1-3-27-8-4-7-22-17(25)13-9-12(19)5-6-14(13)21-18(22)28-11-15(23)20-10-16(24)26-2/h5-6,9H,3-4,7-8,10-11H2,1-2H3,(H,20,23). The van der Waals surface area contributed by atoms with Crippen LogP contribution in [-0.2, 0) is 25.6 Å². The predicted octanol–water partition coefficient (Wildman–Crippen LogP) is 1.97. The number of thioether (sulfide) groups is 1. The molecule has 0 spiro atoms. The highest BCUT2D eigenvalue weighted by atomic mass is 79.9. The Labute approximate surface area is 175 Å². The third-order valence-electron chi connectivity index (χ3n) is 3.75. The summed E-state index contributed by atoms with van der Waals surface area (Å²) in [7, 11) is 1.25. The maximum Gasteiger partial charge on any atom is 0.325 e. The summed E-state index contributed by atoms with van der Waals surface area (Å²) >= 11 is 4.52. The molecule has 0 atom stereocenters. The molecule has 10 heteroatoms. The van der Waals surface area contributed by atoms with Gasteiger partial charge in [-0.2, -0.15) is 0 Å². The molecule has 1 aromatic heterocycles. The van der Waals surface area contributed by atoms with E-state index in [0.717, 1.165) is 16.2 Å². The van der Waals surface area contributed by atoms with Gasteiger partial charge in [0.25, 0.3) is 5.56 Å². The van der Waals surface area contributed by atoms with Crippen LogP contribution in [0.1, 0.15) is 13.3 Å². The number of aromatic nitrogens is 2. The fourth-order valence-electron chi connectivity index (χ4n) is 2.37. The van der Waals surface area contributed by atoms with Crippen LogP contribution in [0.2, 0.25) is 0 Å². The van der Waals surface area contributed by atoms with Crippen molar-refractivity contribution < 1.29 is 19.1 Å². The van der Waals surface area contributed by atoms with Gasteiger partial charge in [0.05, 0.1) is 23.8 Å². The van der Waals surface area contributed by atoms with Crippen LogP contribution < -0.4 is 10.9 Å². The van der Waals surface area contributed by atoms with Crippen molar-refractivity contribution in [1.29, 1.82) is 0 Å². The zero-order valence-corrected chi connectivity index (χ0v) is 18.1. The highest BCUT2D eigenvalue weighted by Crippen LogP contribution is 2.20. The van der Waals surface area contributed by atoms with E-state index in [9.17, 15) is 14.4 Å². The molecule has 2 aromatic rings. The van der Waals surface area contributed by atoms with Gasteiger partial charge in [-0.15, -0.1) is 0 Å². The second-order valence-electron chi connectivity index (χ2n) is 5.70. The Morgan fingerprint density at radius 1 is 1.36 bits per heavy atom. The van der Waals surface area contributed by atoms with Crippen LogP contribution in [0.3, 0.4) is 0 Å². The quantitative estimate of drug-likeness (QED) is 0.244.